The number of ether oxygens (including phenoxy) is 1. The summed E-state index contributed by atoms with van der Waals surface area (Å²) < 4.78 is 5.68. The number of hydrogen-bond donors (Lipinski definition) is 1. The Balaban J connectivity index is 1.66. The molecule has 0 radical (unpaired) electrons. The molecule has 0 fully saturated rings. The van der Waals surface area contributed by atoms with Gasteiger partial charge in [-0.2, -0.15) is 0 Å². The summed E-state index contributed by atoms with van der Waals surface area (Å²) in [5, 5.41) is 5.80. The Morgan fingerprint density at radius 3 is 2.85 bits per heavy atom. The van der Waals surface area contributed by atoms with Gasteiger partial charge in [0.05, 0.1) is 24.4 Å². The third-order valence-corrected chi connectivity index (χ3v) is 4.72. The van der Waals surface area contributed by atoms with Crippen LogP contribution in [0.15, 0.2) is 53.9 Å². The van der Waals surface area contributed by atoms with Crippen molar-refractivity contribution >= 4 is 22.9 Å². The van der Waals surface area contributed by atoms with E-state index in [1.54, 1.807) is 11.3 Å². The summed E-state index contributed by atoms with van der Waals surface area (Å²) in [5.74, 6) is 0.597. The number of hydrogen-bond acceptors (Lipinski definition) is 4. The zero-order chi connectivity index (χ0) is 18.4. The SMILES string of the molecule is CCCOc1ccccc1NC(=O)Cc1csc(-c2cccc(C)c2)n1. The molecule has 0 aliphatic heterocycles. The molecule has 1 aromatic heterocycles. The summed E-state index contributed by atoms with van der Waals surface area (Å²) in [6, 6.07) is 15.7. The number of rotatable bonds is 7. The lowest BCUT2D eigenvalue weighted by molar-refractivity contribution is -0.115. The average Bonchev–Trinajstić information content (AvgIpc) is 3.09. The maximum atomic E-state index is 12.4. The molecular weight excluding hydrogens is 344 g/mol. The van der Waals surface area contributed by atoms with Gasteiger partial charge in [-0.3, -0.25) is 4.79 Å². The fourth-order valence-electron chi connectivity index (χ4n) is 2.57. The smallest absolute Gasteiger partial charge is 0.230 e. The maximum Gasteiger partial charge on any atom is 0.230 e. The van der Waals surface area contributed by atoms with E-state index in [9.17, 15) is 4.79 Å². The molecule has 5 heteroatoms. The van der Waals surface area contributed by atoms with E-state index >= 15 is 0 Å². The lowest BCUT2D eigenvalue weighted by Crippen LogP contribution is -2.15. The summed E-state index contributed by atoms with van der Waals surface area (Å²) in [5.41, 5.74) is 3.75. The zero-order valence-electron chi connectivity index (χ0n) is 15.0. The van der Waals surface area contributed by atoms with Crippen LogP contribution >= 0.6 is 11.3 Å². The van der Waals surface area contributed by atoms with Crippen molar-refractivity contribution in [1.29, 1.82) is 0 Å². The Morgan fingerprint density at radius 1 is 1.19 bits per heavy atom. The molecule has 26 heavy (non-hydrogen) atoms. The van der Waals surface area contributed by atoms with Gasteiger partial charge in [0, 0.05) is 10.9 Å². The Bertz CT molecular complexity index is 889. The van der Waals surface area contributed by atoms with Gasteiger partial charge in [-0.15, -0.1) is 11.3 Å². The van der Waals surface area contributed by atoms with Crippen molar-refractivity contribution in [3.63, 3.8) is 0 Å². The van der Waals surface area contributed by atoms with Gasteiger partial charge in [0.2, 0.25) is 5.91 Å². The molecule has 1 heterocycles. The van der Waals surface area contributed by atoms with E-state index in [-0.39, 0.29) is 12.3 Å². The highest BCUT2D eigenvalue weighted by Crippen LogP contribution is 2.26. The number of aromatic nitrogens is 1. The fraction of sp³-hybridized carbons (Fsp3) is 0.238. The fourth-order valence-corrected chi connectivity index (χ4v) is 3.38. The van der Waals surface area contributed by atoms with Gasteiger partial charge in [0.1, 0.15) is 10.8 Å². The van der Waals surface area contributed by atoms with E-state index in [2.05, 4.69) is 36.3 Å². The van der Waals surface area contributed by atoms with Gasteiger partial charge in [-0.05, 0) is 31.5 Å². The van der Waals surface area contributed by atoms with Crippen molar-refractivity contribution in [3.05, 3.63) is 65.2 Å². The molecule has 1 N–H and O–H groups in total. The zero-order valence-corrected chi connectivity index (χ0v) is 15.8. The van der Waals surface area contributed by atoms with Crippen LogP contribution in [0.5, 0.6) is 5.75 Å². The minimum atomic E-state index is -0.0985. The molecule has 4 nitrogen and oxygen atoms in total. The minimum Gasteiger partial charge on any atom is -0.491 e. The third-order valence-electron chi connectivity index (χ3n) is 3.78. The maximum absolute atomic E-state index is 12.4. The first-order chi connectivity index (χ1) is 12.7. The second-order valence-electron chi connectivity index (χ2n) is 6.08. The van der Waals surface area contributed by atoms with E-state index in [1.807, 2.05) is 41.8 Å². The quantitative estimate of drug-likeness (QED) is 0.634. The van der Waals surface area contributed by atoms with E-state index in [0.717, 1.165) is 22.7 Å². The van der Waals surface area contributed by atoms with Crippen LogP contribution in [-0.2, 0) is 11.2 Å². The lowest BCUT2D eigenvalue weighted by Gasteiger charge is -2.11. The standard InChI is InChI=1S/C21H22N2O2S/c1-3-11-25-19-10-5-4-9-18(19)23-20(24)13-17-14-26-21(22-17)16-8-6-7-15(2)12-16/h4-10,12,14H,3,11,13H2,1-2H3,(H,23,24). The number of benzene rings is 2. The molecule has 0 atom stereocenters. The van der Waals surface area contributed by atoms with E-state index in [0.29, 0.717) is 18.0 Å². The molecule has 0 bridgehead atoms. The molecule has 2 aromatic carbocycles. The van der Waals surface area contributed by atoms with Crippen LogP contribution in [0.3, 0.4) is 0 Å². The van der Waals surface area contributed by atoms with Crippen LogP contribution in [0.4, 0.5) is 5.69 Å². The Hall–Kier alpha value is -2.66. The van der Waals surface area contributed by atoms with Crippen LogP contribution < -0.4 is 10.1 Å². The predicted molar refractivity (Wildman–Crippen MR) is 107 cm³/mol. The number of carbonyl (C=O) groups is 1. The van der Waals surface area contributed by atoms with Crippen molar-refractivity contribution in [2.75, 3.05) is 11.9 Å². The number of para-hydroxylation sites is 2. The molecule has 3 rings (SSSR count). The number of carbonyl (C=O) groups excluding carboxylic acids is 1. The summed E-state index contributed by atoms with van der Waals surface area (Å²) in [7, 11) is 0. The second-order valence-corrected chi connectivity index (χ2v) is 6.94. The molecule has 1 amide bonds. The van der Waals surface area contributed by atoms with Gasteiger partial charge in [0.15, 0.2) is 0 Å². The number of aryl methyl sites for hydroxylation is 1. The van der Waals surface area contributed by atoms with Crippen molar-refractivity contribution in [3.8, 4) is 16.3 Å². The molecule has 3 aromatic rings. The number of nitrogens with one attached hydrogen (secondary N) is 1. The van der Waals surface area contributed by atoms with Gasteiger partial charge in [-0.25, -0.2) is 4.98 Å². The highest BCUT2D eigenvalue weighted by molar-refractivity contribution is 7.13. The Morgan fingerprint density at radius 2 is 2.04 bits per heavy atom. The molecule has 0 saturated heterocycles. The van der Waals surface area contributed by atoms with Crippen molar-refractivity contribution in [1.82, 2.24) is 4.98 Å². The van der Waals surface area contributed by atoms with Crippen LogP contribution in [0, 0.1) is 6.92 Å². The third kappa shape index (κ3) is 4.70. The first kappa shape index (κ1) is 18.1. The summed E-state index contributed by atoms with van der Waals surface area (Å²) in [6.07, 6.45) is 1.16. The van der Waals surface area contributed by atoms with Gasteiger partial charge < -0.3 is 10.1 Å². The number of thiazole rings is 1. The molecule has 0 unspecified atom stereocenters. The van der Waals surface area contributed by atoms with E-state index in [1.165, 1.54) is 5.56 Å². The first-order valence-electron chi connectivity index (χ1n) is 8.69. The largest absolute Gasteiger partial charge is 0.491 e. The molecular formula is C21H22N2O2S. The van der Waals surface area contributed by atoms with Crippen LogP contribution in [0.2, 0.25) is 0 Å². The second kappa shape index (κ2) is 8.63. The number of amides is 1. The molecule has 134 valence electrons. The first-order valence-corrected chi connectivity index (χ1v) is 9.57. The van der Waals surface area contributed by atoms with Gasteiger partial charge >= 0.3 is 0 Å². The molecule has 0 aliphatic rings. The topological polar surface area (TPSA) is 51.2 Å². The predicted octanol–water partition coefficient (Wildman–Crippen LogP) is 5.09. The van der Waals surface area contributed by atoms with Crippen LogP contribution in [0.1, 0.15) is 24.6 Å². The highest BCUT2D eigenvalue weighted by Gasteiger charge is 2.11. The summed E-state index contributed by atoms with van der Waals surface area (Å²) in [4.78, 5) is 17.0. The summed E-state index contributed by atoms with van der Waals surface area (Å²) in [6.45, 7) is 4.73. The Labute approximate surface area is 157 Å². The van der Waals surface area contributed by atoms with Crippen molar-refractivity contribution in [2.24, 2.45) is 0 Å². The summed E-state index contributed by atoms with van der Waals surface area (Å²) >= 11 is 1.56. The molecule has 0 spiro atoms. The minimum absolute atomic E-state index is 0.0985. The van der Waals surface area contributed by atoms with E-state index < -0.39 is 0 Å². The van der Waals surface area contributed by atoms with Gasteiger partial charge in [-0.1, -0.05) is 42.8 Å². The van der Waals surface area contributed by atoms with Crippen molar-refractivity contribution in [2.45, 2.75) is 26.7 Å². The van der Waals surface area contributed by atoms with Gasteiger partial charge in [0.25, 0.3) is 0 Å². The lowest BCUT2D eigenvalue weighted by atomic mass is 10.1. The normalized spacial score (nSPS) is 10.5. The monoisotopic (exact) mass is 366 g/mol. The van der Waals surface area contributed by atoms with Crippen LogP contribution in [0.25, 0.3) is 10.6 Å². The van der Waals surface area contributed by atoms with Crippen molar-refractivity contribution < 1.29 is 9.53 Å². The molecule has 0 aliphatic carbocycles. The average molecular weight is 366 g/mol. The highest BCUT2D eigenvalue weighted by atomic mass is 32.1. The number of nitrogens with zero attached hydrogens (tertiary/aromatic N) is 1. The van der Waals surface area contributed by atoms with E-state index in [4.69, 9.17) is 4.74 Å². The number of anilines is 1. The molecule has 0 saturated carbocycles. The van der Waals surface area contributed by atoms with Crippen LogP contribution in [-0.4, -0.2) is 17.5 Å². The Kier molecular flexibility index (Phi) is 6.02.